The first-order chi connectivity index (χ1) is 9.90. The van der Waals surface area contributed by atoms with E-state index in [0.717, 1.165) is 29.8 Å². The van der Waals surface area contributed by atoms with Crippen molar-refractivity contribution in [3.8, 4) is 5.75 Å². The summed E-state index contributed by atoms with van der Waals surface area (Å²) in [4.78, 5) is 0.364. The Kier molecular flexibility index (Phi) is 4.91. The molecule has 1 atom stereocenters. The highest BCUT2D eigenvalue weighted by Gasteiger charge is 2.32. The third-order valence-electron chi connectivity index (χ3n) is 4.02. The summed E-state index contributed by atoms with van der Waals surface area (Å²) in [5, 5.41) is 3.12. The first-order valence-corrected chi connectivity index (χ1v) is 8.64. The molecule has 1 aromatic carbocycles. The number of sulfonamides is 1. The number of benzene rings is 1. The van der Waals surface area contributed by atoms with Crippen LogP contribution in [0.2, 0.25) is 0 Å². The topological polar surface area (TPSA) is 58.6 Å². The molecule has 0 aromatic heterocycles. The molecule has 118 valence electrons. The van der Waals surface area contributed by atoms with Gasteiger partial charge in [-0.2, -0.15) is 4.31 Å². The predicted molar refractivity (Wildman–Crippen MR) is 83.3 cm³/mol. The third-order valence-corrected chi connectivity index (χ3v) is 5.86. The number of nitrogens with one attached hydrogen (secondary N) is 1. The van der Waals surface area contributed by atoms with Crippen molar-refractivity contribution in [2.75, 3.05) is 33.8 Å². The molecule has 1 saturated heterocycles. The molecular weight excluding hydrogens is 288 g/mol. The standard InChI is InChI=1S/C15H24N2O3S/c1-11-7-14(8-12(2)15(11)20-4)21(18,19)17-6-5-13(10-17)9-16-3/h7-8,13,16H,5-6,9-10H2,1-4H3. The summed E-state index contributed by atoms with van der Waals surface area (Å²) in [7, 11) is 0.0898. The van der Waals surface area contributed by atoms with Crippen LogP contribution >= 0.6 is 0 Å². The van der Waals surface area contributed by atoms with Crippen LogP contribution in [0.4, 0.5) is 0 Å². The monoisotopic (exact) mass is 312 g/mol. The van der Waals surface area contributed by atoms with Gasteiger partial charge < -0.3 is 10.1 Å². The van der Waals surface area contributed by atoms with Gasteiger partial charge in [-0.25, -0.2) is 8.42 Å². The summed E-state index contributed by atoms with van der Waals surface area (Å²) in [5.74, 6) is 1.15. The molecule has 0 radical (unpaired) electrons. The lowest BCUT2D eigenvalue weighted by Gasteiger charge is -2.18. The smallest absolute Gasteiger partial charge is 0.243 e. The molecule has 1 heterocycles. The molecule has 0 spiro atoms. The number of rotatable bonds is 5. The molecule has 1 fully saturated rings. The Morgan fingerprint density at radius 3 is 2.48 bits per heavy atom. The van der Waals surface area contributed by atoms with E-state index in [1.54, 1.807) is 23.5 Å². The summed E-state index contributed by atoms with van der Waals surface area (Å²) in [6.07, 6.45) is 0.911. The first-order valence-electron chi connectivity index (χ1n) is 7.20. The fourth-order valence-electron chi connectivity index (χ4n) is 3.00. The molecule has 5 nitrogen and oxygen atoms in total. The molecule has 0 saturated carbocycles. The fraction of sp³-hybridized carbons (Fsp3) is 0.600. The van der Waals surface area contributed by atoms with E-state index in [1.165, 1.54) is 0 Å². The number of hydrogen-bond donors (Lipinski definition) is 1. The maximum atomic E-state index is 12.8. The van der Waals surface area contributed by atoms with Gasteiger partial charge in [0.25, 0.3) is 0 Å². The minimum absolute atomic E-state index is 0.364. The summed E-state index contributed by atoms with van der Waals surface area (Å²) >= 11 is 0. The van der Waals surface area contributed by atoms with E-state index >= 15 is 0 Å². The van der Waals surface area contributed by atoms with Crippen LogP contribution < -0.4 is 10.1 Å². The van der Waals surface area contributed by atoms with E-state index in [1.807, 2.05) is 20.9 Å². The Balaban J connectivity index is 2.29. The van der Waals surface area contributed by atoms with Gasteiger partial charge in [-0.1, -0.05) is 0 Å². The van der Waals surface area contributed by atoms with E-state index in [9.17, 15) is 8.42 Å². The minimum atomic E-state index is -3.41. The highest BCUT2D eigenvalue weighted by molar-refractivity contribution is 7.89. The largest absolute Gasteiger partial charge is 0.496 e. The SMILES string of the molecule is CNCC1CCN(S(=O)(=O)c2cc(C)c(OC)c(C)c2)C1. The summed E-state index contributed by atoms with van der Waals surface area (Å²) < 4.78 is 32.4. The Bertz CT molecular complexity index is 590. The van der Waals surface area contributed by atoms with Gasteiger partial charge in [-0.05, 0) is 63.0 Å². The number of methoxy groups -OCH3 is 1. The second kappa shape index (κ2) is 6.34. The fourth-order valence-corrected chi connectivity index (χ4v) is 4.70. The van der Waals surface area contributed by atoms with Crippen molar-refractivity contribution in [3.05, 3.63) is 23.3 Å². The molecule has 21 heavy (non-hydrogen) atoms. The first kappa shape index (κ1) is 16.3. The van der Waals surface area contributed by atoms with Crippen LogP contribution in [0, 0.1) is 19.8 Å². The van der Waals surface area contributed by atoms with Crippen molar-refractivity contribution in [1.29, 1.82) is 0 Å². The maximum absolute atomic E-state index is 12.8. The molecule has 1 aliphatic rings. The zero-order chi connectivity index (χ0) is 15.6. The van der Waals surface area contributed by atoms with Crippen LogP contribution in [0.5, 0.6) is 5.75 Å². The zero-order valence-corrected chi connectivity index (χ0v) is 14.0. The molecule has 0 amide bonds. The lowest BCUT2D eigenvalue weighted by molar-refractivity contribution is 0.407. The molecule has 1 unspecified atom stereocenters. The second-order valence-corrected chi connectivity index (χ2v) is 7.60. The number of nitrogens with zero attached hydrogens (tertiary/aromatic N) is 1. The van der Waals surface area contributed by atoms with Gasteiger partial charge in [0.05, 0.1) is 12.0 Å². The van der Waals surface area contributed by atoms with Crippen molar-refractivity contribution < 1.29 is 13.2 Å². The van der Waals surface area contributed by atoms with Crippen molar-refractivity contribution >= 4 is 10.0 Å². The third kappa shape index (κ3) is 3.22. The van der Waals surface area contributed by atoms with E-state index in [4.69, 9.17) is 4.74 Å². The van der Waals surface area contributed by atoms with Gasteiger partial charge in [0.2, 0.25) is 10.0 Å². The summed E-state index contributed by atoms with van der Waals surface area (Å²) in [6, 6.07) is 3.40. The van der Waals surface area contributed by atoms with Crippen LogP contribution in [0.1, 0.15) is 17.5 Å². The van der Waals surface area contributed by atoms with E-state index in [0.29, 0.717) is 23.9 Å². The Hall–Kier alpha value is -1.11. The highest BCUT2D eigenvalue weighted by atomic mass is 32.2. The Morgan fingerprint density at radius 2 is 1.95 bits per heavy atom. The molecule has 0 bridgehead atoms. The van der Waals surface area contributed by atoms with Gasteiger partial charge in [-0.3, -0.25) is 0 Å². The molecule has 1 N–H and O–H groups in total. The summed E-state index contributed by atoms with van der Waals surface area (Å²) in [5.41, 5.74) is 1.70. The minimum Gasteiger partial charge on any atom is -0.496 e. The molecule has 1 aliphatic heterocycles. The molecular formula is C15H24N2O3S. The van der Waals surface area contributed by atoms with Crippen molar-refractivity contribution in [3.63, 3.8) is 0 Å². The lowest BCUT2D eigenvalue weighted by atomic mass is 10.1. The Labute approximate surface area is 127 Å². The average molecular weight is 312 g/mol. The lowest BCUT2D eigenvalue weighted by Crippen LogP contribution is -2.30. The van der Waals surface area contributed by atoms with Crippen LogP contribution in [-0.4, -0.2) is 46.5 Å². The van der Waals surface area contributed by atoms with Crippen LogP contribution in [0.25, 0.3) is 0 Å². The van der Waals surface area contributed by atoms with Crippen LogP contribution in [-0.2, 0) is 10.0 Å². The van der Waals surface area contributed by atoms with Crippen LogP contribution in [0.15, 0.2) is 17.0 Å². The zero-order valence-electron chi connectivity index (χ0n) is 13.1. The number of ether oxygens (including phenoxy) is 1. The Morgan fingerprint density at radius 1 is 1.33 bits per heavy atom. The van der Waals surface area contributed by atoms with Gasteiger partial charge in [-0.15, -0.1) is 0 Å². The number of hydrogen-bond acceptors (Lipinski definition) is 4. The molecule has 1 aromatic rings. The van der Waals surface area contributed by atoms with E-state index < -0.39 is 10.0 Å². The van der Waals surface area contributed by atoms with Gasteiger partial charge in [0.1, 0.15) is 5.75 Å². The van der Waals surface area contributed by atoms with Gasteiger partial charge in [0, 0.05) is 13.1 Å². The van der Waals surface area contributed by atoms with Crippen molar-refractivity contribution in [2.45, 2.75) is 25.2 Å². The number of aryl methyl sites for hydroxylation is 2. The molecule has 6 heteroatoms. The molecule has 0 aliphatic carbocycles. The van der Waals surface area contributed by atoms with Crippen LogP contribution in [0.3, 0.4) is 0 Å². The second-order valence-electron chi connectivity index (χ2n) is 5.67. The average Bonchev–Trinajstić information content (AvgIpc) is 2.88. The van der Waals surface area contributed by atoms with E-state index in [-0.39, 0.29) is 0 Å². The van der Waals surface area contributed by atoms with Gasteiger partial charge in [0.15, 0.2) is 0 Å². The maximum Gasteiger partial charge on any atom is 0.243 e. The van der Waals surface area contributed by atoms with Gasteiger partial charge >= 0.3 is 0 Å². The van der Waals surface area contributed by atoms with E-state index in [2.05, 4.69) is 5.32 Å². The van der Waals surface area contributed by atoms with Crippen molar-refractivity contribution in [1.82, 2.24) is 9.62 Å². The summed E-state index contributed by atoms with van der Waals surface area (Å²) in [6.45, 7) is 5.79. The highest BCUT2D eigenvalue weighted by Crippen LogP contribution is 2.30. The normalized spacial score (nSPS) is 19.9. The quantitative estimate of drug-likeness (QED) is 0.896. The van der Waals surface area contributed by atoms with Crippen molar-refractivity contribution in [2.24, 2.45) is 5.92 Å². The predicted octanol–water partition coefficient (Wildman–Crippen LogP) is 1.54. The molecule has 2 rings (SSSR count).